The van der Waals surface area contributed by atoms with E-state index in [1.54, 1.807) is 4.90 Å². The minimum Gasteiger partial charge on any atom is -0.480 e. The zero-order chi connectivity index (χ0) is 13.0. The van der Waals surface area contributed by atoms with E-state index in [1.807, 2.05) is 18.2 Å². The second-order valence-electron chi connectivity index (χ2n) is 4.08. The number of nitrogens with two attached hydrogens (primary N) is 1. The molecule has 0 saturated carbocycles. The van der Waals surface area contributed by atoms with Crippen LogP contribution >= 0.6 is 0 Å². The minimum absolute atomic E-state index is 0.0222. The summed E-state index contributed by atoms with van der Waals surface area (Å²) in [5.41, 5.74) is 6.45. The third-order valence-corrected chi connectivity index (χ3v) is 2.65. The molecule has 0 spiro atoms. The largest absolute Gasteiger partial charge is 0.480 e. The van der Waals surface area contributed by atoms with E-state index in [2.05, 4.69) is 0 Å². The van der Waals surface area contributed by atoms with Gasteiger partial charge in [0, 0.05) is 19.6 Å². The molecule has 1 aromatic carbocycles. The Bertz CT molecular complexity index is 436. The van der Waals surface area contributed by atoms with Crippen molar-refractivity contribution in [1.29, 1.82) is 0 Å². The molecule has 6 heteroatoms. The molecule has 0 aliphatic carbocycles. The Kier molecular flexibility index (Phi) is 4.01. The minimum atomic E-state index is -0.857. The summed E-state index contributed by atoms with van der Waals surface area (Å²) in [4.78, 5) is 12.5. The van der Waals surface area contributed by atoms with Crippen LogP contribution in [0, 0.1) is 0 Å². The summed E-state index contributed by atoms with van der Waals surface area (Å²) in [6.07, 6.45) is 0. The van der Waals surface area contributed by atoms with Crippen molar-refractivity contribution in [2.45, 2.75) is 6.54 Å². The van der Waals surface area contributed by atoms with Gasteiger partial charge in [-0.15, -0.1) is 0 Å². The summed E-state index contributed by atoms with van der Waals surface area (Å²) >= 11 is 0. The van der Waals surface area contributed by atoms with Gasteiger partial charge in [-0.25, -0.2) is 0 Å². The quantitative estimate of drug-likeness (QED) is 0.755. The number of hydrogen-bond acceptors (Lipinski definition) is 5. The van der Waals surface area contributed by atoms with Crippen LogP contribution in [0.15, 0.2) is 18.2 Å². The van der Waals surface area contributed by atoms with Crippen molar-refractivity contribution in [3.8, 4) is 11.5 Å². The van der Waals surface area contributed by atoms with Gasteiger partial charge in [0.25, 0.3) is 0 Å². The summed E-state index contributed by atoms with van der Waals surface area (Å²) < 4.78 is 10.5. The first kappa shape index (κ1) is 12.7. The molecule has 0 atom stereocenters. The van der Waals surface area contributed by atoms with Gasteiger partial charge in [-0.1, -0.05) is 6.07 Å². The molecule has 0 saturated heterocycles. The van der Waals surface area contributed by atoms with Crippen LogP contribution in [0.1, 0.15) is 5.56 Å². The van der Waals surface area contributed by atoms with E-state index in [9.17, 15) is 4.79 Å². The van der Waals surface area contributed by atoms with E-state index >= 15 is 0 Å². The maximum absolute atomic E-state index is 10.7. The fraction of sp³-hybridized carbons (Fsp3) is 0.417. The number of nitrogens with zero attached hydrogens (tertiary/aromatic N) is 1. The second-order valence-corrected chi connectivity index (χ2v) is 4.08. The molecule has 1 aliphatic rings. The van der Waals surface area contributed by atoms with Crippen molar-refractivity contribution in [3.63, 3.8) is 0 Å². The van der Waals surface area contributed by atoms with Crippen LogP contribution in [-0.2, 0) is 11.3 Å². The molecular formula is C12H16N2O4. The fourth-order valence-electron chi connectivity index (χ4n) is 1.89. The van der Waals surface area contributed by atoms with E-state index in [4.69, 9.17) is 20.3 Å². The Morgan fingerprint density at radius 3 is 2.89 bits per heavy atom. The number of carbonyl (C=O) groups is 1. The summed E-state index contributed by atoms with van der Waals surface area (Å²) in [6, 6.07) is 5.60. The molecule has 3 N–H and O–H groups in total. The van der Waals surface area contributed by atoms with Crippen LogP contribution < -0.4 is 15.2 Å². The van der Waals surface area contributed by atoms with E-state index < -0.39 is 5.97 Å². The number of aliphatic carboxylic acids is 1. The van der Waals surface area contributed by atoms with Gasteiger partial charge in [0.05, 0.1) is 6.54 Å². The molecule has 1 aromatic rings. The van der Waals surface area contributed by atoms with Gasteiger partial charge in [-0.2, -0.15) is 0 Å². The Labute approximate surface area is 105 Å². The summed E-state index contributed by atoms with van der Waals surface area (Å²) in [7, 11) is 0. The number of ether oxygens (including phenoxy) is 2. The van der Waals surface area contributed by atoms with Crippen LogP contribution in [0.25, 0.3) is 0 Å². The van der Waals surface area contributed by atoms with Gasteiger partial charge in [-0.05, 0) is 17.7 Å². The molecule has 18 heavy (non-hydrogen) atoms. The summed E-state index contributed by atoms with van der Waals surface area (Å²) in [5.74, 6) is 0.571. The molecule has 0 unspecified atom stereocenters. The average molecular weight is 252 g/mol. The van der Waals surface area contributed by atoms with E-state index in [0.29, 0.717) is 25.4 Å². The van der Waals surface area contributed by atoms with Gasteiger partial charge < -0.3 is 20.3 Å². The topological polar surface area (TPSA) is 85.0 Å². The van der Waals surface area contributed by atoms with Crippen molar-refractivity contribution in [2.75, 3.05) is 26.4 Å². The number of benzene rings is 1. The number of rotatable bonds is 6. The highest BCUT2D eigenvalue weighted by atomic mass is 16.7. The first-order chi connectivity index (χ1) is 8.69. The third-order valence-electron chi connectivity index (χ3n) is 2.65. The van der Waals surface area contributed by atoms with E-state index in [-0.39, 0.29) is 13.3 Å². The molecule has 0 fully saturated rings. The van der Waals surface area contributed by atoms with Crippen molar-refractivity contribution < 1.29 is 19.4 Å². The van der Waals surface area contributed by atoms with Gasteiger partial charge in [0.2, 0.25) is 6.79 Å². The average Bonchev–Trinajstić information content (AvgIpc) is 2.75. The highest BCUT2D eigenvalue weighted by Crippen LogP contribution is 2.32. The Hall–Kier alpha value is -1.79. The first-order valence-corrected chi connectivity index (χ1v) is 5.72. The van der Waals surface area contributed by atoms with E-state index in [0.717, 1.165) is 11.3 Å². The molecule has 1 heterocycles. The molecule has 0 aromatic heterocycles. The monoisotopic (exact) mass is 252 g/mol. The lowest BCUT2D eigenvalue weighted by molar-refractivity contribution is -0.138. The number of carboxylic acids is 1. The normalized spacial score (nSPS) is 13.0. The SMILES string of the molecule is NCCN(CC(=O)O)Cc1ccc2c(c1)OCO2. The lowest BCUT2D eigenvalue weighted by atomic mass is 10.2. The maximum atomic E-state index is 10.7. The van der Waals surface area contributed by atoms with Gasteiger partial charge in [0.1, 0.15) is 0 Å². The zero-order valence-corrected chi connectivity index (χ0v) is 9.96. The molecular weight excluding hydrogens is 236 g/mol. The lowest BCUT2D eigenvalue weighted by Gasteiger charge is -2.19. The van der Waals surface area contributed by atoms with Crippen molar-refractivity contribution in [1.82, 2.24) is 4.90 Å². The summed E-state index contributed by atoms with van der Waals surface area (Å²) in [5, 5.41) is 8.82. The van der Waals surface area contributed by atoms with Crippen LogP contribution in [0.5, 0.6) is 11.5 Å². The maximum Gasteiger partial charge on any atom is 0.317 e. The summed E-state index contributed by atoms with van der Waals surface area (Å²) in [6.45, 7) is 1.71. The Morgan fingerprint density at radius 1 is 1.39 bits per heavy atom. The van der Waals surface area contributed by atoms with Gasteiger partial charge in [-0.3, -0.25) is 9.69 Å². The van der Waals surface area contributed by atoms with Crippen LogP contribution in [-0.4, -0.2) is 42.4 Å². The smallest absolute Gasteiger partial charge is 0.317 e. The number of carboxylic acid groups (broad SMARTS) is 1. The second kappa shape index (κ2) is 5.70. The Morgan fingerprint density at radius 2 is 2.17 bits per heavy atom. The van der Waals surface area contributed by atoms with Crippen LogP contribution in [0.4, 0.5) is 0 Å². The standard InChI is InChI=1S/C12H16N2O4/c13-3-4-14(7-12(15)16)6-9-1-2-10-11(5-9)18-8-17-10/h1-2,5H,3-4,6-8,13H2,(H,15,16). The fourth-order valence-corrected chi connectivity index (χ4v) is 1.89. The van der Waals surface area contributed by atoms with Crippen molar-refractivity contribution >= 4 is 5.97 Å². The first-order valence-electron chi connectivity index (χ1n) is 5.72. The highest BCUT2D eigenvalue weighted by molar-refractivity contribution is 5.69. The molecule has 2 rings (SSSR count). The van der Waals surface area contributed by atoms with Crippen molar-refractivity contribution in [2.24, 2.45) is 5.73 Å². The Balaban J connectivity index is 2.04. The highest BCUT2D eigenvalue weighted by Gasteiger charge is 2.15. The molecule has 0 amide bonds. The molecule has 6 nitrogen and oxygen atoms in total. The lowest BCUT2D eigenvalue weighted by Crippen LogP contribution is -2.33. The molecule has 0 bridgehead atoms. The van der Waals surface area contributed by atoms with Gasteiger partial charge >= 0.3 is 5.97 Å². The predicted molar refractivity (Wildman–Crippen MR) is 64.5 cm³/mol. The molecule has 0 radical (unpaired) electrons. The predicted octanol–water partition coefficient (Wildman–Crippen LogP) is 0.261. The number of fused-ring (bicyclic) bond motifs is 1. The molecule has 98 valence electrons. The molecule has 1 aliphatic heterocycles. The van der Waals surface area contributed by atoms with Crippen molar-refractivity contribution in [3.05, 3.63) is 23.8 Å². The van der Waals surface area contributed by atoms with E-state index in [1.165, 1.54) is 0 Å². The third kappa shape index (κ3) is 3.12. The van der Waals surface area contributed by atoms with Crippen LogP contribution in [0.3, 0.4) is 0 Å². The van der Waals surface area contributed by atoms with Gasteiger partial charge in [0.15, 0.2) is 11.5 Å². The van der Waals surface area contributed by atoms with Crippen LogP contribution in [0.2, 0.25) is 0 Å². The zero-order valence-electron chi connectivity index (χ0n) is 9.96. The number of hydrogen-bond donors (Lipinski definition) is 2.